The quantitative estimate of drug-likeness (QED) is 0.872. The summed E-state index contributed by atoms with van der Waals surface area (Å²) in [7, 11) is -2.53. The summed E-state index contributed by atoms with van der Waals surface area (Å²) in [6, 6.07) is 4.01. The van der Waals surface area contributed by atoms with E-state index >= 15 is 0 Å². The summed E-state index contributed by atoms with van der Waals surface area (Å²) in [5.41, 5.74) is -0.257. The molecule has 0 radical (unpaired) electrons. The number of hydrogen-bond acceptors (Lipinski definition) is 5. The molecule has 1 aliphatic rings. The molecule has 1 heterocycles. The van der Waals surface area contributed by atoms with Crippen LogP contribution in [0.2, 0.25) is 0 Å². The molecule has 0 aliphatic carbocycles. The summed E-state index contributed by atoms with van der Waals surface area (Å²) in [4.78, 5) is -0.262. The highest BCUT2D eigenvalue weighted by molar-refractivity contribution is 7.89. The number of hydrogen-bond donors (Lipinski definition) is 1. The second-order valence-corrected chi connectivity index (χ2v) is 6.62. The van der Waals surface area contributed by atoms with Gasteiger partial charge in [0, 0.05) is 13.7 Å². The van der Waals surface area contributed by atoms with Gasteiger partial charge < -0.3 is 9.84 Å². The third-order valence-electron chi connectivity index (χ3n) is 3.52. The highest BCUT2D eigenvalue weighted by Crippen LogP contribution is 2.29. The average Bonchev–Trinajstić information content (AvgIpc) is 2.91. The molecule has 0 aromatic heterocycles. The predicted molar refractivity (Wildman–Crippen MR) is 71.3 cm³/mol. The third kappa shape index (κ3) is 2.91. The van der Waals surface area contributed by atoms with Gasteiger partial charge >= 0.3 is 0 Å². The van der Waals surface area contributed by atoms with E-state index in [9.17, 15) is 17.9 Å². The second-order valence-electron chi connectivity index (χ2n) is 4.76. The average molecular weight is 314 g/mol. The second kappa shape index (κ2) is 6.07. The van der Waals surface area contributed by atoms with Gasteiger partial charge in [0.25, 0.3) is 0 Å². The summed E-state index contributed by atoms with van der Waals surface area (Å²) in [6.45, 7) is -0.255. The van der Waals surface area contributed by atoms with Crippen molar-refractivity contribution in [1.82, 2.24) is 4.31 Å². The van der Waals surface area contributed by atoms with Crippen molar-refractivity contribution in [1.29, 1.82) is 5.26 Å². The van der Waals surface area contributed by atoms with Crippen LogP contribution in [0.3, 0.4) is 0 Å². The summed E-state index contributed by atoms with van der Waals surface area (Å²) in [6.07, 6.45) is 0.0536. The van der Waals surface area contributed by atoms with Crippen LogP contribution in [0.1, 0.15) is 12.0 Å². The van der Waals surface area contributed by atoms with Crippen molar-refractivity contribution in [3.63, 3.8) is 0 Å². The van der Waals surface area contributed by atoms with Gasteiger partial charge in [-0.15, -0.1) is 0 Å². The van der Waals surface area contributed by atoms with Crippen molar-refractivity contribution in [3.05, 3.63) is 29.6 Å². The predicted octanol–water partition coefficient (Wildman–Crippen LogP) is 0.468. The van der Waals surface area contributed by atoms with E-state index in [2.05, 4.69) is 0 Å². The number of sulfonamides is 1. The fraction of sp³-hybridized carbons (Fsp3) is 0.462. The molecule has 1 aromatic rings. The van der Waals surface area contributed by atoms with Gasteiger partial charge in [-0.2, -0.15) is 9.57 Å². The third-order valence-corrected chi connectivity index (χ3v) is 5.50. The molecule has 0 spiro atoms. The van der Waals surface area contributed by atoms with Crippen molar-refractivity contribution >= 4 is 10.0 Å². The molecule has 1 aromatic carbocycles. The van der Waals surface area contributed by atoms with Gasteiger partial charge in [-0.25, -0.2) is 12.8 Å². The lowest BCUT2D eigenvalue weighted by molar-refractivity contribution is 0.113. The number of halogens is 1. The van der Waals surface area contributed by atoms with Crippen molar-refractivity contribution in [2.45, 2.75) is 23.5 Å². The molecule has 1 N–H and O–H groups in total. The van der Waals surface area contributed by atoms with Crippen molar-refractivity contribution in [2.24, 2.45) is 0 Å². The van der Waals surface area contributed by atoms with Crippen LogP contribution in [0.25, 0.3) is 0 Å². The van der Waals surface area contributed by atoms with E-state index in [1.807, 2.05) is 0 Å². The number of nitriles is 1. The molecule has 2 atom stereocenters. The zero-order chi connectivity index (χ0) is 15.6. The van der Waals surface area contributed by atoms with Crippen LogP contribution in [0.4, 0.5) is 4.39 Å². The highest BCUT2D eigenvalue weighted by atomic mass is 32.2. The topological polar surface area (TPSA) is 90.6 Å². The largest absolute Gasteiger partial charge is 0.395 e. The SMILES string of the molecule is CO[C@@H]1C[C@@H](CO)N(S(=O)(=O)c2ccc(F)cc2C#N)C1. The molecule has 21 heavy (non-hydrogen) atoms. The zero-order valence-corrected chi connectivity index (χ0v) is 12.2. The van der Waals surface area contributed by atoms with Gasteiger partial charge in [0.2, 0.25) is 10.0 Å². The number of aliphatic hydroxyl groups is 1. The standard InChI is InChI=1S/C13H15FN2O4S/c1-20-12-5-11(8-17)16(7-12)21(18,19)13-3-2-10(14)4-9(13)6-15/h2-4,11-12,17H,5,7-8H2,1H3/t11-,12+/m0/s1. The molecule has 8 heteroatoms. The molecular formula is C13H15FN2O4S. The van der Waals surface area contributed by atoms with Gasteiger partial charge in [-0.1, -0.05) is 0 Å². The molecule has 6 nitrogen and oxygen atoms in total. The lowest BCUT2D eigenvalue weighted by atomic mass is 10.2. The highest BCUT2D eigenvalue weighted by Gasteiger charge is 2.40. The number of benzene rings is 1. The first-order valence-electron chi connectivity index (χ1n) is 6.29. The fourth-order valence-electron chi connectivity index (χ4n) is 2.42. The Kier molecular flexibility index (Phi) is 4.58. The minimum Gasteiger partial charge on any atom is -0.395 e. The summed E-state index contributed by atoms with van der Waals surface area (Å²) in [5, 5.41) is 18.3. The molecule has 0 unspecified atom stereocenters. The van der Waals surface area contributed by atoms with Crippen molar-refractivity contribution in [3.8, 4) is 6.07 Å². The van der Waals surface area contributed by atoms with Crippen LogP contribution in [-0.2, 0) is 14.8 Å². The number of methoxy groups -OCH3 is 1. The normalized spacial score (nSPS) is 23.1. The fourth-order valence-corrected chi connectivity index (χ4v) is 4.20. The van der Waals surface area contributed by atoms with Crippen LogP contribution in [0.5, 0.6) is 0 Å². The number of rotatable bonds is 4. The number of nitrogens with zero attached hydrogens (tertiary/aromatic N) is 2. The van der Waals surface area contributed by atoms with Gasteiger partial charge in [0.05, 0.1) is 24.3 Å². The Morgan fingerprint density at radius 2 is 2.29 bits per heavy atom. The van der Waals surface area contributed by atoms with E-state index in [1.165, 1.54) is 7.11 Å². The van der Waals surface area contributed by atoms with Crippen LogP contribution in [0, 0.1) is 17.1 Å². The molecule has 0 saturated carbocycles. The maximum atomic E-state index is 13.1. The van der Waals surface area contributed by atoms with E-state index in [-0.39, 0.29) is 29.7 Å². The van der Waals surface area contributed by atoms with E-state index in [0.717, 1.165) is 22.5 Å². The first-order valence-corrected chi connectivity index (χ1v) is 7.73. The molecule has 114 valence electrons. The van der Waals surface area contributed by atoms with Crippen LogP contribution in [0.15, 0.2) is 23.1 Å². The van der Waals surface area contributed by atoms with E-state index in [4.69, 9.17) is 10.00 Å². The maximum Gasteiger partial charge on any atom is 0.244 e. The molecule has 1 saturated heterocycles. The minimum atomic E-state index is -4.00. The molecule has 0 amide bonds. The van der Waals surface area contributed by atoms with Crippen molar-refractivity contribution in [2.75, 3.05) is 20.3 Å². The monoisotopic (exact) mass is 314 g/mol. The summed E-state index contributed by atoms with van der Waals surface area (Å²) >= 11 is 0. The van der Waals surface area contributed by atoms with Crippen LogP contribution in [-0.4, -0.2) is 50.2 Å². The zero-order valence-electron chi connectivity index (χ0n) is 11.4. The first-order chi connectivity index (χ1) is 9.93. The summed E-state index contributed by atoms with van der Waals surface area (Å²) in [5.74, 6) is -0.680. The Hall–Kier alpha value is -1.53. The Bertz CT molecular complexity index is 671. The van der Waals surface area contributed by atoms with Gasteiger partial charge in [-0.05, 0) is 24.6 Å². The molecule has 1 fully saturated rings. The molecule has 0 bridgehead atoms. The number of ether oxygens (including phenoxy) is 1. The minimum absolute atomic E-state index is 0.0896. The Labute approximate surface area is 122 Å². The molecule has 2 rings (SSSR count). The first kappa shape index (κ1) is 15.9. The Morgan fingerprint density at radius 1 is 1.57 bits per heavy atom. The molecular weight excluding hydrogens is 299 g/mol. The van der Waals surface area contributed by atoms with E-state index < -0.39 is 21.9 Å². The number of aliphatic hydroxyl groups excluding tert-OH is 1. The maximum absolute atomic E-state index is 13.1. The van der Waals surface area contributed by atoms with Gasteiger partial charge in [0.15, 0.2) is 0 Å². The van der Waals surface area contributed by atoms with Crippen molar-refractivity contribution < 1.29 is 22.7 Å². The lowest BCUT2D eigenvalue weighted by Crippen LogP contribution is -2.38. The van der Waals surface area contributed by atoms with E-state index in [1.54, 1.807) is 6.07 Å². The Balaban J connectivity index is 2.45. The van der Waals surface area contributed by atoms with Gasteiger partial charge in [0.1, 0.15) is 16.8 Å². The Morgan fingerprint density at radius 3 is 2.86 bits per heavy atom. The van der Waals surface area contributed by atoms with Gasteiger partial charge in [-0.3, -0.25) is 0 Å². The smallest absolute Gasteiger partial charge is 0.244 e. The molecule has 1 aliphatic heterocycles. The summed E-state index contributed by atoms with van der Waals surface area (Å²) < 4.78 is 44.7. The lowest BCUT2D eigenvalue weighted by Gasteiger charge is -2.22. The van der Waals surface area contributed by atoms with E-state index in [0.29, 0.717) is 6.42 Å². The van der Waals surface area contributed by atoms with Crippen LogP contribution >= 0.6 is 0 Å². The van der Waals surface area contributed by atoms with Crippen LogP contribution < -0.4 is 0 Å².